The zero-order valence-electron chi connectivity index (χ0n) is 11.3. The van der Waals surface area contributed by atoms with Crippen molar-refractivity contribution < 1.29 is 9.18 Å². The third-order valence-corrected chi connectivity index (χ3v) is 3.45. The van der Waals surface area contributed by atoms with Gasteiger partial charge in [0, 0.05) is 22.7 Å². The lowest BCUT2D eigenvalue weighted by Crippen LogP contribution is -2.03. The lowest BCUT2D eigenvalue weighted by atomic mass is 10.0. The van der Waals surface area contributed by atoms with Crippen LogP contribution in [0, 0.1) is 19.7 Å². The number of rotatable bonds is 2. The van der Waals surface area contributed by atoms with Gasteiger partial charge in [0.1, 0.15) is 5.82 Å². The van der Waals surface area contributed by atoms with E-state index in [1.165, 1.54) is 6.07 Å². The number of carbonyl (C=O) groups is 1. The first-order valence-corrected chi connectivity index (χ1v) is 6.45. The average molecular weight is 267 g/mol. The Hall–Kier alpha value is -2.42. The lowest BCUT2D eigenvalue weighted by Gasteiger charge is -2.03. The summed E-state index contributed by atoms with van der Waals surface area (Å²) >= 11 is 0. The molecule has 0 saturated carbocycles. The zero-order valence-corrected chi connectivity index (χ0v) is 11.3. The van der Waals surface area contributed by atoms with Crippen molar-refractivity contribution in [2.24, 2.45) is 0 Å². The highest BCUT2D eigenvalue weighted by Gasteiger charge is 2.17. The van der Waals surface area contributed by atoms with Gasteiger partial charge in [-0.2, -0.15) is 0 Å². The summed E-state index contributed by atoms with van der Waals surface area (Å²) in [6.45, 7) is 3.76. The molecule has 2 nitrogen and oxygen atoms in total. The van der Waals surface area contributed by atoms with Crippen LogP contribution in [0.25, 0.3) is 10.9 Å². The third kappa shape index (κ3) is 2.01. The van der Waals surface area contributed by atoms with E-state index in [9.17, 15) is 9.18 Å². The van der Waals surface area contributed by atoms with E-state index in [0.29, 0.717) is 5.56 Å². The molecule has 0 aliphatic rings. The van der Waals surface area contributed by atoms with Crippen LogP contribution in [-0.2, 0) is 0 Å². The fourth-order valence-electron chi connectivity index (χ4n) is 2.37. The standard InChI is InChI=1S/C17H14FNO/c1-10-4-6-16-13(7-10)14(9-19-16)17(20)12-5-3-11(2)8-15(12)18/h3-9,19H,1-2H3. The number of H-pyrrole nitrogens is 1. The van der Waals surface area contributed by atoms with E-state index in [0.717, 1.165) is 22.0 Å². The summed E-state index contributed by atoms with van der Waals surface area (Å²) in [5.74, 6) is -0.767. The number of hydrogen-bond acceptors (Lipinski definition) is 1. The molecule has 0 radical (unpaired) electrons. The molecule has 0 aliphatic heterocycles. The first-order valence-electron chi connectivity index (χ1n) is 6.45. The van der Waals surface area contributed by atoms with Crippen molar-refractivity contribution in [1.29, 1.82) is 0 Å². The molecule has 1 heterocycles. The molecule has 0 unspecified atom stereocenters. The molecule has 0 bridgehead atoms. The highest BCUT2D eigenvalue weighted by atomic mass is 19.1. The smallest absolute Gasteiger partial charge is 0.198 e. The summed E-state index contributed by atoms with van der Waals surface area (Å²) in [5.41, 5.74) is 3.36. The number of aromatic nitrogens is 1. The molecule has 1 aromatic heterocycles. The van der Waals surface area contributed by atoms with Gasteiger partial charge >= 0.3 is 0 Å². The Kier molecular flexibility index (Phi) is 2.90. The minimum Gasteiger partial charge on any atom is -0.360 e. The van der Waals surface area contributed by atoms with Gasteiger partial charge in [-0.25, -0.2) is 4.39 Å². The predicted molar refractivity (Wildman–Crippen MR) is 77.6 cm³/mol. The molecule has 1 N–H and O–H groups in total. The van der Waals surface area contributed by atoms with Crippen LogP contribution in [0.5, 0.6) is 0 Å². The number of aryl methyl sites for hydroxylation is 2. The van der Waals surface area contributed by atoms with E-state index < -0.39 is 5.82 Å². The number of carbonyl (C=O) groups excluding carboxylic acids is 1. The van der Waals surface area contributed by atoms with Gasteiger partial charge in [0.25, 0.3) is 0 Å². The summed E-state index contributed by atoms with van der Waals surface area (Å²) in [6.07, 6.45) is 1.64. The summed E-state index contributed by atoms with van der Waals surface area (Å²) in [4.78, 5) is 15.6. The minimum atomic E-state index is -0.475. The first kappa shape index (κ1) is 12.6. The van der Waals surface area contributed by atoms with Gasteiger partial charge in [-0.05, 0) is 43.7 Å². The van der Waals surface area contributed by atoms with Gasteiger partial charge in [0.2, 0.25) is 0 Å². The van der Waals surface area contributed by atoms with Crippen molar-refractivity contribution in [2.45, 2.75) is 13.8 Å². The van der Waals surface area contributed by atoms with Gasteiger partial charge < -0.3 is 4.98 Å². The Morgan fingerprint density at radius 3 is 2.45 bits per heavy atom. The van der Waals surface area contributed by atoms with Crippen LogP contribution in [0.4, 0.5) is 4.39 Å². The molecule has 0 amide bonds. The molecule has 3 rings (SSSR count). The van der Waals surface area contributed by atoms with Gasteiger partial charge in [0.05, 0.1) is 5.56 Å². The fraction of sp³-hybridized carbons (Fsp3) is 0.118. The Balaban J connectivity index is 2.15. The molecule has 20 heavy (non-hydrogen) atoms. The van der Waals surface area contributed by atoms with E-state index in [-0.39, 0.29) is 11.3 Å². The van der Waals surface area contributed by atoms with Crippen LogP contribution in [-0.4, -0.2) is 10.8 Å². The van der Waals surface area contributed by atoms with Crippen LogP contribution in [0.3, 0.4) is 0 Å². The third-order valence-electron chi connectivity index (χ3n) is 3.45. The second-order valence-corrected chi connectivity index (χ2v) is 5.06. The largest absolute Gasteiger partial charge is 0.360 e. The summed E-state index contributed by atoms with van der Waals surface area (Å²) in [6, 6.07) is 10.5. The fourth-order valence-corrected chi connectivity index (χ4v) is 2.37. The molecule has 0 saturated heterocycles. The number of ketones is 1. The van der Waals surface area contributed by atoms with E-state index in [4.69, 9.17) is 0 Å². The van der Waals surface area contributed by atoms with Gasteiger partial charge in [-0.1, -0.05) is 17.7 Å². The Morgan fingerprint density at radius 2 is 1.70 bits per heavy atom. The van der Waals surface area contributed by atoms with Crippen LogP contribution >= 0.6 is 0 Å². The number of nitrogens with one attached hydrogen (secondary N) is 1. The molecular formula is C17H14FNO. The maximum atomic E-state index is 13.9. The van der Waals surface area contributed by atoms with Crippen molar-refractivity contribution in [1.82, 2.24) is 4.98 Å². The van der Waals surface area contributed by atoms with E-state index in [1.54, 1.807) is 25.3 Å². The normalized spacial score (nSPS) is 10.9. The molecule has 100 valence electrons. The molecule has 2 aromatic carbocycles. The second kappa shape index (κ2) is 4.60. The number of aromatic amines is 1. The molecule has 0 fully saturated rings. The van der Waals surface area contributed by atoms with E-state index >= 15 is 0 Å². The Bertz CT molecular complexity index is 817. The van der Waals surface area contributed by atoms with Crippen LogP contribution in [0.15, 0.2) is 42.6 Å². The van der Waals surface area contributed by atoms with Crippen LogP contribution < -0.4 is 0 Å². The maximum absolute atomic E-state index is 13.9. The van der Waals surface area contributed by atoms with Crippen molar-refractivity contribution in [3.8, 4) is 0 Å². The van der Waals surface area contributed by atoms with Crippen molar-refractivity contribution in [3.63, 3.8) is 0 Å². The molecule has 3 heteroatoms. The predicted octanol–water partition coefficient (Wildman–Crippen LogP) is 4.15. The van der Waals surface area contributed by atoms with Gasteiger partial charge in [-0.15, -0.1) is 0 Å². The Labute approximate surface area is 116 Å². The highest BCUT2D eigenvalue weighted by molar-refractivity contribution is 6.16. The number of hydrogen-bond donors (Lipinski definition) is 1. The van der Waals surface area contributed by atoms with Gasteiger partial charge in [-0.3, -0.25) is 4.79 Å². The molecule has 3 aromatic rings. The van der Waals surface area contributed by atoms with E-state index in [2.05, 4.69) is 4.98 Å². The quantitative estimate of drug-likeness (QED) is 0.695. The van der Waals surface area contributed by atoms with Crippen LogP contribution in [0.2, 0.25) is 0 Å². The van der Waals surface area contributed by atoms with Crippen molar-refractivity contribution >= 4 is 16.7 Å². The Morgan fingerprint density at radius 1 is 1.00 bits per heavy atom. The average Bonchev–Trinajstić information content (AvgIpc) is 2.81. The number of benzene rings is 2. The molecule has 0 atom stereocenters. The van der Waals surface area contributed by atoms with Crippen LogP contribution in [0.1, 0.15) is 27.0 Å². The maximum Gasteiger partial charge on any atom is 0.198 e. The summed E-state index contributed by atoms with van der Waals surface area (Å²) < 4.78 is 13.9. The lowest BCUT2D eigenvalue weighted by molar-refractivity contribution is 0.103. The number of fused-ring (bicyclic) bond motifs is 1. The monoisotopic (exact) mass is 267 g/mol. The molecular weight excluding hydrogens is 253 g/mol. The highest BCUT2D eigenvalue weighted by Crippen LogP contribution is 2.23. The zero-order chi connectivity index (χ0) is 14.3. The van der Waals surface area contributed by atoms with Gasteiger partial charge in [0.15, 0.2) is 5.78 Å². The van der Waals surface area contributed by atoms with Crippen molar-refractivity contribution in [2.75, 3.05) is 0 Å². The molecule has 0 spiro atoms. The second-order valence-electron chi connectivity index (χ2n) is 5.06. The van der Waals surface area contributed by atoms with E-state index in [1.807, 2.05) is 25.1 Å². The number of halogens is 1. The topological polar surface area (TPSA) is 32.9 Å². The SMILES string of the molecule is Cc1ccc(C(=O)c2c[nH]c3ccc(C)cc23)c(F)c1. The van der Waals surface area contributed by atoms with Crippen molar-refractivity contribution in [3.05, 3.63) is 70.7 Å². The first-order chi connectivity index (χ1) is 9.56. The summed E-state index contributed by atoms with van der Waals surface area (Å²) in [7, 11) is 0. The minimum absolute atomic E-state index is 0.109. The molecule has 0 aliphatic carbocycles. The summed E-state index contributed by atoms with van der Waals surface area (Å²) in [5, 5.41) is 0.829.